The molecule has 1 aromatic heterocycles. The van der Waals surface area contributed by atoms with E-state index in [4.69, 9.17) is 15.2 Å². The van der Waals surface area contributed by atoms with Gasteiger partial charge in [-0.25, -0.2) is 0 Å². The van der Waals surface area contributed by atoms with E-state index in [-0.39, 0.29) is 6.10 Å². The molecular weight excluding hydrogens is 204 g/mol. The molecule has 4 nitrogen and oxygen atoms in total. The summed E-state index contributed by atoms with van der Waals surface area (Å²) in [6.45, 7) is 4.50. The van der Waals surface area contributed by atoms with Gasteiger partial charge in [-0.15, -0.1) is 0 Å². The van der Waals surface area contributed by atoms with Crippen molar-refractivity contribution < 1.29 is 9.47 Å². The molecule has 1 aromatic rings. The lowest BCUT2D eigenvalue weighted by Crippen LogP contribution is -2.18. The standard InChI is InChI=1S/C12H20N2O2/c1-2-6-15-7-8-16-12(9-13)11-4-3-5-14-10-11/h3-5,10,12H,2,6-9,13H2,1H3. The van der Waals surface area contributed by atoms with E-state index >= 15 is 0 Å². The van der Waals surface area contributed by atoms with Crippen LogP contribution in [0.2, 0.25) is 0 Å². The van der Waals surface area contributed by atoms with E-state index in [9.17, 15) is 0 Å². The van der Waals surface area contributed by atoms with Crippen molar-refractivity contribution in [1.29, 1.82) is 0 Å². The smallest absolute Gasteiger partial charge is 0.0963 e. The third kappa shape index (κ3) is 4.70. The second kappa shape index (κ2) is 8.21. The minimum atomic E-state index is -0.0843. The minimum Gasteiger partial charge on any atom is -0.379 e. The van der Waals surface area contributed by atoms with Gasteiger partial charge in [0.25, 0.3) is 0 Å². The SMILES string of the molecule is CCCOCCOC(CN)c1cccnc1. The molecule has 0 aliphatic heterocycles. The Hall–Kier alpha value is -0.970. The quantitative estimate of drug-likeness (QED) is 0.680. The highest BCUT2D eigenvalue weighted by molar-refractivity contribution is 5.12. The lowest BCUT2D eigenvalue weighted by molar-refractivity contribution is 0.00753. The maximum Gasteiger partial charge on any atom is 0.0963 e. The van der Waals surface area contributed by atoms with Crippen molar-refractivity contribution in [1.82, 2.24) is 4.98 Å². The van der Waals surface area contributed by atoms with Crippen LogP contribution in [0, 0.1) is 0 Å². The van der Waals surface area contributed by atoms with E-state index in [1.807, 2.05) is 12.1 Å². The molecular formula is C12H20N2O2. The zero-order valence-corrected chi connectivity index (χ0v) is 9.76. The third-order valence-electron chi connectivity index (χ3n) is 2.17. The molecule has 0 amide bonds. The Morgan fingerprint density at radius 1 is 1.38 bits per heavy atom. The van der Waals surface area contributed by atoms with Crippen LogP contribution in [0.1, 0.15) is 25.0 Å². The van der Waals surface area contributed by atoms with Gasteiger partial charge in [0.05, 0.1) is 19.3 Å². The van der Waals surface area contributed by atoms with E-state index in [2.05, 4.69) is 11.9 Å². The molecule has 0 aliphatic carbocycles. The van der Waals surface area contributed by atoms with Crippen molar-refractivity contribution >= 4 is 0 Å². The van der Waals surface area contributed by atoms with Gasteiger partial charge >= 0.3 is 0 Å². The highest BCUT2D eigenvalue weighted by Crippen LogP contribution is 2.13. The molecule has 0 saturated carbocycles. The van der Waals surface area contributed by atoms with Crippen molar-refractivity contribution in [2.45, 2.75) is 19.4 Å². The number of pyridine rings is 1. The highest BCUT2D eigenvalue weighted by Gasteiger charge is 2.09. The summed E-state index contributed by atoms with van der Waals surface area (Å²) in [6.07, 6.45) is 4.47. The summed E-state index contributed by atoms with van der Waals surface area (Å²) >= 11 is 0. The van der Waals surface area contributed by atoms with Crippen LogP contribution in [0.3, 0.4) is 0 Å². The number of aromatic nitrogens is 1. The molecule has 2 N–H and O–H groups in total. The second-order valence-corrected chi connectivity index (χ2v) is 3.49. The maximum atomic E-state index is 5.65. The first-order valence-corrected chi connectivity index (χ1v) is 5.67. The molecule has 0 radical (unpaired) electrons. The van der Waals surface area contributed by atoms with Crippen LogP contribution in [0.5, 0.6) is 0 Å². The third-order valence-corrected chi connectivity index (χ3v) is 2.17. The lowest BCUT2D eigenvalue weighted by atomic mass is 10.2. The number of ether oxygens (including phenoxy) is 2. The number of rotatable bonds is 8. The maximum absolute atomic E-state index is 5.65. The van der Waals surface area contributed by atoms with Crippen molar-refractivity contribution in [3.8, 4) is 0 Å². The molecule has 0 spiro atoms. The number of nitrogens with two attached hydrogens (primary N) is 1. The first kappa shape index (κ1) is 13.1. The van der Waals surface area contributed by atoms with Gasteiger partial charge in [0.2, 0.25) is 0 Å². The second-order valence-electron chi connectivity index (χ2n) is 3.49. The summed E-state index contributed by atoms with van der Waals surface area (Å²) in [4.78, 5) is 4.04. The van der Waals surface area contributed by atoms with Crippen molar-refractivity contribution in [3.63, 3.8) is 0 Å². The summed E-state index contributed by atoms with van der Waals surface area (Å²) in [5.74, 6) is 0. The zero-order chi connectivity index (χ0) is 11.6. The molecule has 0 saturated heterocycles. The molecule has 0 bridgehead atoms. The summed E-state index contributed by atoms with van der Waals surface area (Å²) in [5.41, 5.74) is 6.67. The highest BCUT2D eigenvalue weighted by atomic mass is 16.5. The number of hydrogen-bond donors (Lipinski definition) is 1. The zero-order valence-electron chi connectivity index (χ0n) is 9.76. The fraction of sp³-hybridized carbons (Fsp3) is 0.583. The molecule has 1 atom stereocenters. The summed E-state index contributed by atoms with van der Waals surface area (Å²) in [6, 6.07) is 3.85. The monoisotopic (exact) mass is 224 g/mol. The van der Waals surface area contributed by atoms with Crippen LogP contribution in [-0.2, 0) is 9.47 Å². The van der Waals surface area contributed by atoms with Crippen LogP contribution in [-0.4, -0.2) is 31.3 Å². The fourth-order valence-electron chi connectivity index (χ4n) is 1.36. The molecule has 1 rings (SSSR count). The van der Waals surface area contributed by atoms with Gasteiger partial charge < -0.3 is 15.2 Å². The van der Waals surface area contributed by atoms with Gasteiger partial charge in [-0.2, -0.15) is 0 Å². The molecule has 0 aromatic carbocycles. The molecule has 90 valence electrons. The Labute approximate surface area is 96.8 Å². The van der Waals surface area contributed by atoms with Crippen LogP contribution in [0.4, 0.5) is 0 Å². The first-order valence-electron chi connectivity index (χ1n) is 5.67. The lowest BCUT2D eigenvalue weighted by Gasteiger charge is -2.15. The van der Waals surface area contributed by atoms with Crippen molar-refractivity contribution in [2.75, 3.05) is 26.4 Å². The average Bonchev–Trinajstić information content (AvgIpc) is 2.35. The van der Waals surface area contributed by atoms with E-state index in [0.717, 1.165) is 18.6 Å². The molecule has 1 heterocycles. The Morgan fingerprint density at radius 3 is 2.88 bits per heavy atom. The summed E-state index contributed by atoms with van der Waals surface area (Å²) in [7, 11) is 0. The van der Waals surface area contributed by atoms with Crippen molar-refractivity contribution in [2.24, 2.45) is 5.73 Å². The van der Waals surface area contributed by atoms with Gasteiger partial charge in [-0.3, -0.25) is 4.98 Å². The Morgan fingerprint density at radius 2 is 2.25 bits per heavy atom. The van der Waals surface area contributed by atoms with Gasteiger partial charge in [0.1, 0.15) is 0 Å². The fourth-order valence-corrected chi connectivity index (χ4v) is 1.36. The Bertz CT molecular complexity index is 267. The molecule has 0 fully saturated rings. The van der Waals surface area contributed by atoms with Crippen LogP contribution in [0.25, 0.3) is 0 Å². The van der Waals surface area contributed by atoms with Crippen LogP contribution >= 0.6 is 0 Å². The predicted octanol–water partition coefficient (Wildman–Crippen LogP) is 1.52. The normalized spacial score (nSPS) is 12.6. The van der Waals surface area contributed by atoms with Crippen molar-refractivity contribution in [3.05, 3.63) is 30.1 Å². The Kier molecular flexibility index (Phi) is 6.72. The summed E-state index contributed by atoms with van der Waals surface area (Å²) < 4.78 is 11.0. The average molecular weight is 224 g/mol. The predicted molar refractivity (Wildman–Crippen MR) is 63.1 cm³/mol. The first-order chi connectivity index (χ1) is 7.88. The van der Waals surface area contributed by atoms with E-state index in [1.165, 1.54) is 0 Å². The van der Waals surface area contributed by atoms with Crippen LogP contribution < -0.4 is 5.73 Å². The molecule has 4 heteroatoms. The van der Waals surface area contributed by atoms with Gasteiger partial charge in [-0.05, 0) is 12.5 Å². The Balaban J connectivity index is 2.27. The molecule has 0 aliphatic rings. The number of hydrogen-bond acceptors (Lipinski definition) is 4. The summed E-state index contributed by atoms with van der Waals surface area (Å²) in [5, 5.41) is 0. The van der Waals surface area contributed by atoms with E-state index in [1.54, 1.807) is 12.4 Å². The minimum absolute atomic E-state index is 0.0843. The largest absolute Gasteiger partial charge is 0.379 e. The molecule has 1 unspecified atom stereocenters. The number of nitrogens with zero attached hydrogens (tertiary/aromatic N) is 1. The van der Waals surface area contributed by atoms with Crippen LogP contribution in [0.15, 0.2) is 24.5 Å². The van der Waals surface area contributed by atoms with Gasteiger partial charge in [0, 0.05) is 31.1 Å². The van der Waals surface area contributed by atoms with E-state index in [0.29, 0.717) is 19.8 Å². The van der Waals surface area contributed by atoms with Gasteiger partial charge in [-0.1, -0.05) is 13.0 Å². The molecule has 16 heavy (non-hydrogen) atoms. The van der Waals surface area contributed by atoms with E-state index < -0.39 is 0 Å². The van der Waals surface area contributed by atoms with Gasteiger partial charge in [0.15, 0.2) is 0 Å². The topological polar surface area (TPSA) is 57.4 Å².